The Morgan fingerprint density at radius 2 is 1.68 bits per heavy atom. The van der Waals surface area contributed by atoms with E-state index in [1.165, 1.54) is 4.90 Å². The number of carbonyl (C=O) groups is 3. The van der Waals surface area contributed by atoms with Gasteiger partial charge in [-0.1, -0.05) is 12.1 Å². The molecule has 25 heavy (non-hydrogen) atoms. The van der Waals surface area contributed by atoms with Crippen molar-refractivity contribution < 1.29 is 19.1 Å². The van der Waals surface area contributed by atoms with Crippen LogP contribution < -0.4 is 10.6 Å². The second-order valence-electron chi connectivity index (χ2n) is 7.02. The first-order chi connectivity index (χ1) is 11.5. The Bertz CT molecular complexity index is 618. The molecule has 0 heterocycles. The van der Waals surface area contributed by atoms with Gasteiger partial charge in [0, 0.05) is 19.8 Å². The van der Waals surface area contributed by atoms with Crippen molar-refractivity contribution in [2.75, 3.05) is 19.4 Å². The highest BCUT2D eigenvalue weighted by molar-refractivity contribution is 5.96. The Labute approximate surface area is 148 Å². The van der Waals surface area contributed by atoms with Crippen LogP contribution in [0.5, 0.6) is 0 Å². The molecule has 1 atom stereocenters. The lowest BCUT2D eigenvalue weighted by Crippen LogP contribution is -2.43. The van der Waals surface area contributed by atoms with Crippen LogP contribution in [-0.2, 0) is 20.7 Å². The number of alkyl carbamates (subject to hydrolysis) is 1. The Morgan fingerprint density at radius 1 is 1.12 bits per heavy atom. The van der Waals surface area contributed by atoms with Crippen LogP contribution in [0.4, 0.5) is 10.5 Å². The summed E-state index contributed by atoms with van der Waals surface area (Å²) < 4.78 is 5.11. The third kappa shape index (κ3) is 7.69. The molecule has 0 aliphatic heterocycles. The summed E-state index contributed by atoms with van der Waals surface area (Å²) in [5.41, 5.74) is 0.820. The number of hydrogen-bond donors (Lipinski definition) is 2. The average molecular weight is 349 g/mol. The van der Waals surface area contributed by atoms with Gasteiger partial charge in [-0.25, -0.2) is 4.79 Å². The van der Waals surface area contributed by atoms with E-state index in [0.29, 0.717) is 12.1 Å². The van der Waals surface area contributed by atoms with Crippen molar-refractivity contribution in [3.8, 4) is 0 Å². The zero-order valence-electron chi connectivity index (χ0n) is 15.7. The third-order valence-corrected chi connectivity index (χ3v) is 3.20. The Balaban J connectivity index is 2.56. The Kier molecular flexibility index (Phi) is 6.97. The summed E-state index contributed by atoms with van der Waals surface area (Å²) in [4.78, 5) is 37.0. The zero-order valence-corrected chi connectivity index (χ0v) is 15.7. The molecule has 0 spiro atoms. The number of amides is 3. The molecule has 0 unspecified atom stereocenters. The Morgan fingerprint density at radius 3 is 2.16 bits per heavy atom. The molecule has 0 aliphatic carbocycles. The van der Waals surface area contributed by atoms with Crippen molar-refractivity contribution >= 4 is 23.6 Å². The number of hydrogen-bond acceptors (Lipinski definition) is 4. The lowest BCUT2D eigenvalue weighted by molar-refractivity contribution is -0.128. The lowest BCUT2D eigenvalue weighted by Gasteiger charge is -2.21. The fourth-order valence-corrected chi connectivity index (χ4v) is 1.84. The van der Waals surface area contributed by atoms with Crippen LogP contribution in [0.25, 0.3) is 0 Å². The molecule has 0 fully saturated rings. The van der Waals surface area contributed by atoms with E-state index in [9.17, 15) is 14.4 Å². The standard InChI is InChI=1S/C18H27N3O4/c1-12(19-17(24)25-18(2,3)4)16(23)20-14-9-7-13(8-10-14)11-15(22)21(5)6/h7-10,12H,11H2,1-6H3,(H,19,24)(H,20,23)/t12-/m0/s1. The first-order valence-electron chi connectivity index (χ1n) is 8.07. The number of nitrogens with zero attached hydrogens (tertiary/aromatic N) is 1. The third-order valence-electron chi connectivity index (χ3n) is 3.20. The van der Waals surface area contributed by atoms with Gasteiger partial charge >= 0.3 is 6.09 Å². The highest BCUT2D eigenvalue weighted by Gasteiger charge is 2.21. The molecule has 0 radical (unpaired) electrons. The summed E-state index contributed by atoms with van der Waals surface area (Å²) in [5.74, 6) is -0.352. The van der Waals surface area contributed by atoms with Gasteiger partial charge in [-0.05, 0) is 45.4 Å². The normalized spacial score (nSPS) is 12.1. The maximum absolute atomic E-state index is 12.1. The van der Waals surface area contributed by atoms with Gasteiger partial charge in [-0.2, -0.15) is 0 Å². The maximum atomic E-state index is 12.1. The molecule has 0 saturated heterocycles. The van der Waals surface area contributed by atoms with Crippen LogP contribution in [0.3, 0.4) is 0 Å². The van der Waals surface area contributed by atoms with Crippen LogP contribution in [0.1, 0.15) is 33.3 Å². The summed E-state index contributed by atoms with van der Waals surface area (Å²) >= 11 is 0. The predicted octanol–water partition coefficient (Wildman–Crippen LogP) is 2.17. The van der Waals surface area contributed by atoms with Crippen LogP contribution in [0, 0.1) is 0 Å². The fourth-order valence-electron chi connectivity index (χ4n) is 1.84. The van der Waals surface area contributed by atoms with E-state index in [4.69, 9.17) is 4.74 Å². The van der Waals surface area contributed by atoms with E-state index in [1.54, 1.807) is 66.1 Å². The number of ether oxygens (including phenoxy) is 1. The monoisotopic (exact) mass is 349 g/mol. The second kappa shape index (κ2) is 8.50. The van der Waals surface area contributed by atoms with E-state index >= 15 is 0 Å². The summed E-state index contributed by atoms with van der Waals surface area (Å²) in [5, 5.41) is 5.19. The quantitative estimate of drug-likeness (QED) is 0.853. The largest absolute Gasteiger partial charge is 0.444 e. The highest BCUT2D eigenvalue weighted by atomic mass is 16.6. The van der Waals surface area contributed by atoms with Crippen LogP contribution in [0.15, 0.2) is 24.3 Å². The van der Waals surface area contributed by atoms with Gasteiger partial charge in [0.25, 0.3) is 0 Å². The van der Waals surface area contributed by atoms with E-state index in [1.807, 2.05) is 0 Å². The minimum Gasteiger partial charge on any atom is -0.444 e. The van der Waals surface area contributed by atoms with Crippen molar-refractivity contribution in [2.24, 2.45) is 0 Å². The van der Waals surface area contributed by atoms with Gasteiger partial charge in [0.15, 0.2) is 0 Å². The second-order valence-corrected chi connectivity index (χ2v) is 7.02. The first kappa shape index (κ1) is 20.5. The molecular weight excluding hydrogens is 322 g/mol. The molecule has 7 nitrogen and oxygen atoms in total. The van der Waals surface area contributed by atoms with Crippen molar-refractivity contribution in [1.82, 2.24) is 10.2 Å². The van der Waals surface area contributed by atoms with Gasteiger partial charge in [-0.3, -0.25) is 9.59 Å². The number of benzene rings is 1. The lowest BCUT2D eigenvalue weighted by atomic mass is 10.1. The number of likely N-dealkylation sites (N-methyl/N-ethyl adjacent to an activating group) is 1. The zero-order chi connectivity index (χ0) is 19.2. The molecule has 0 aliphatic rings. The Hall–Kier alpha value is -2.57. The molecule has 0 bridgehead atoms. The molecule has 2 N–H and O–H groups in total. The molecule has 7 heteroatoms. The number of rotatable bonds is 5. The molecule has 3 amide bonds. The van der Waals surface area contributed by atoms with Crippen molar-refractivity contribution in [3.05, 3.63) is 29.8 Å². The van der Waals surface area contributed by atoms with Crippen molar-refractivity contribution in [2.45, 2.75) is 45.8 Å². The molecule has 1 rings (SSSR count). The van der Waals surface area contributed by atoms with Gasteiger partial charge < -0.3 is 20.3 Å². The minimum absolute atomic E-state index is 0.00645. The van der Waals surface area contributed by atoms with E-state index in [-0.39, 0.29) is 11.8 Å². The topological polar surface area (TPSA) is 87.7 Å². The van der Waals surface area contributed by atoms with Crippen LogP contribution in [0.2, 0.25) is 0 Å². The molecule has 1 aromatic carbocycles. The smallest absolute Gasteiger partial charge is 0.408 e. The summed E-state index contributed by atoms with van der Waals surface area (Å²) in [7, 11) is 3.41. The van der Waals surface area contributed by atoms with Gasteiger partial charge in [0.05, 0.1) is 6.42 Å². The molecule has 138 valence electrons. The summed E-state index contributed by atoms with van der Waals surface area (Å²) in [6.07, 6.45) is -0.342. The van der Waals surface area contributed by atoms with Gasteiger partial charge in [0.1, 0.15) is 11.6 Å². The maximum Gasteiger partial charge on any atom is 0.408 e. The summed E-state index contributed by atoms with van der Waals surface area (Å²) in [6.45, 7) is 6.82. The van der Waals surface area contributed by atoms with E-state index in [0.717, 1.165) is 5.56 Å². The fraction of sp³-hybridized carbons (Fsp3) is 0.500. The molecule has 1 aromatic rings. The number of anilines is 1. The van der Waals surface area contributed by atoms with Gasteiger partial charge in [-0.15, -0.1) is 0 Å². The van der Waals surface area contributed by atoms with E-state index in [2.05, 4.69) is 10.6 Å². The number of nitrogens with one attached hydrogen (secondary N) is 2. The minimum atomic E-state index is -0.746. The van der Waals surface area contributed by atoms with Crippen molar-refractivity contribution in [1.29, 1.82) is 0 Å². The average Bonchev–Trinajstić information content (AvgIpc) is 2.46. The van der Waals surface area contributed by atoms with Gasteiger partial charge in [0.2, 0.25) is 11.8 Å². The van der Waals surface area contributed by atoms with E-state index < -0.39 is 17.7 Å². The molecule has 0 saturated carbocycles. The predicted molar refractivity (Wildman–Crippen MR) is 96.3 cm³/mol. The molecular formula is C18H27N3O4. The first-order valence-corrected chi connectivity index (χ1v) is 8.07. The summed E-state index contributed by atoms with van der Waals surface area (Å²) in [6, 6.07) is 6.25. The molecule has 0 aromatic heterocycles. The van der Waals surface area contributed by atoms with Crippen LogP contribution in [-0.4, -0.2) is 48.5 Å². The SMILES string of the molecule is C[C@H](NC(=O)OC(C)(C)C)C(=O)Nc1ccc(CC(=O)N(C)C)cc1. The number of carbonyl (C=O) groups excluding carboxylic acids is 3. The van der Waals surface area contributed by atoms with Crippen LogP contribution >= 0.6 is 0 Å². The van der Waals surface area contributed by atoms with Crippen molar-refractivity contribution in [3.63, 3.8) is 0 Å². The highest BCUT2D eigenvalue weighted by Crippen LogP contribution is 2.11.